The molecule has 0 aliphatic heterocycles. The van der Waals surface area contributed by atoms with Gasteiger partial charge in [0.15, 0.2) is 0 Å². The van der Waals surface area contributed by atoms with E-state index in [1.54, 1.807) is 5.57 Å². The first kappa shape index (κ1) is 15.4. The van der Waals surface area contributed by atoms with Gasteiger partial charge in [-0.05, 0) is 62.9 Å². The topological polar surface area (TPSA) is 25.2 Å². The average molecular weight is 316 g/mol. The van der Waals surface area contributed by atoms with Gasteiger partial charge < -0.3 is 9.73 Å². The predicted molar refractivity (Wildman–Crippen MR) is 92.0 cm³/mol. The molecule has 116 valence electrons. The second kappa shape index (κ2) is 7.66. The molecule has 1 aliphatic carbocycles. The number of halogens is 1. The third-order valence-corrected chi connectivity index (χ3v) is 4.44. The highest BCUT2D eigenvalue weighted by Gasteiger charge is 2.08. The fourth-order valence-corrected chi connectivity index (χ4v) is 3.10. The van der Waals surface area contributed by atoms with Crippen molar-refractivity contribution in [2.45, 2.75) is 38.6 Å². The van der Waals surface area contributed by atoms with Gasteiger partial charge in [-0.3, -0.25) is 0 Å². The van der Waals surface area contributed by atoms with Gasteiger partial charge in [0.2, 0.25) is 0 Å². The van der Waals surface area contributed by atoms with Crippen molar-refractivity contribution in [3.8, 4) is 11.3 Å². The van der Waals surface area contributed by atoms with Crippen LogP contribution >= 0.6 is 11.6 Å². The van der Waals surface area contributed by atoms with E-state index in [1.807, 2.05) is 36.4 Å². The maximum atomic E-state index is 6.20. The Morgan fingerprint density at radius 3 is 2.82 bits per heavy atom. The molecule has 1 aliphatic rings. The number of nitrogens with one attached hydrogen (secondary N) is 1. The van der Waals surface area contributed by atoms with Crippen LogP contribution in [-0.2, 0) is 6.54 Å². The van der Waals surface area contributed by atoms with Crippen LogP contribution < -0.4 is 5.32 Å². The minimum atomic E-state index is 0.723. The van der Waals surface area contributed by atoms with E-state index in [9.17, 15) is 0 Å². The molecule has 0 atom stereocenters. The van der Waals surface area contributed by atoms with E-state index < -0.39 is 0 Å². The summed E-state index contributed by atoms with van der Waals surface area (Å²) in [5.41, 5.74) is 2.55. The highest BCUT2D eigenvalue weighted by Crippen LogP contribution is 2.29. The minimum Gasteiger partial charge on any atom is -0.460 e. The van der Waals surface area contributed by atoms with Crippen molar-refractivity contribution in [1.29, 1.82) is 0 Å². The van der Waals surface area contributed by atoms with Crippen molar-refractivity contribution >= 4 is 11.6 Å². The van der Waals surface area contributed by atoms with Crippen LogP contribution in [0.5, 0.6) is 0 Å². The summed E-state index contributed by atoms with van der Waals surface area (Å²) in [6.45, 7) is 1.77. The zero-order valence-electron chi connectivity index (χ0n) is 12.8. The summed E-state index contributed by atoms with van der Waals surface area (Å²) in [5.74, 6) is 1.78. The Bertz CT molecular complexity index is 644. The third kappa shape index (κ3) is 4.02. The number of allylic oxidation sites excluding steroid dienone is 1. The Balaban J connectivity index is 1.50. The minimum absolute atomic E-state index is 0.723. The highest BCUT2D eigenvalue weighted by molar-refractivity contribution is 6.33. The lowest BCUT2D eigenvalue weighted by molar-refractivity contribution is 0.493. The summed E-state index contributed by atoms with van der Waals surface area (Å²) < 4.78 is 5.88. The van der Waals surface area contributed by atoms with Crippen molar-refractivity contribution in [3.63, 3.8) is 0 Å². The molecule has 0 saturated carbocycles. The van der Waals surface area contributed by atoms with Gasteiger partial charge in [-0.2, -0.15) is 0 Å². The second-order valence-electron chi connectivity index (χ2n) is 5.78. The van der Waals surface area contributed by atoms with Gasteiger partial charge >= 0.3 is 0 Å². The molecule has 0 unspecified atom stereocenters. The summed E-state index contributed by atoms with van der Waals surface area (Å²) in [4.78, 5) is 0. The summed E-state index contributed by atoms with van der Waals surface area (Å²) in [6, 6.07) is 11.8. The molecule has 3 heteroatoms. The number of benzene rings is 1. The lowest BCUT2D eigenvalue weighted by Gasteiger charge is -2.12. The van der Waals surface area contributed by atoms with Gasteiger partial charge in [0, 0.05) is 5.56 Å². The van der Waals surface area contributed by atoms with Crippen LogP contribution in [0.25, 0.3) is 11.3 Å². The lowest BCUT2D eigenvalue weighted by atomic mass is 9.97. The largest absolute Gasteiger partial charge is 0.460 e. The lowest BCUT2D eigenvalue weighted by Crippen LogP contribution is -2.15. The number of furan rings is 1. The molecule has 1 aromatic heterocycles. The normalized spacial score (nSPS) is 14.9. The van der Waals surface area contributed by atoms with Crippen molar-refractivity contribution in [2.75, 3.05) is 6.54 Å². The molecule has 3 rings (SSSR count). The molecular weight excluding hydrogens is 294 g/mol. The van der Waals surface area contributed by atoms with Gasteiger partial charge in [-0.25, -0.2) is 0 Å². The molecule has 2 aromatic rings. The van der Waals surface area contributed by atoms with E-state index in [0.29, 0.717) is 0 Å². The molecule has 1 N–H and O–H groups in total. The zero-order chi connectivity index (χ0) is 15.2. The summed E-state index contributed by atoms with van der Waals surface area (Å²) in [6.07, 6.45) is 8.80. The van der Waals surface area contributed by atoms with E-state index in [-0.39, 0.29) is 0 Å². The second-order valence-corrected chi connectivity index (χ2v) is 6.19. The van der Waals surface area contributed by atoms with Crippen LogP contribution in [0, 0.1) is 0 Å². The van der Waals surface area contributed by atoms with Gasteiger partial charge in [-0.15, -0.1) is 0 Å². The van der Waals surface area contributed by atoms with Gasteiger partial charge in [-0.1, -0.05) is 35.4 Å². The van der Waals surface area contributed by atoms with Crippen LogP contribution in [-0.4, -0.2) is 6.54 Å². The monoisotopic (exact) mass is 315 g/mol. The van der Waals surface area contributed by atoms with Gasteiger partial charge in [0.05, 0.1) is 11.6 Å². The zero-order valence-corrected chi connectivity index (χ0v) is 13.5. The van der Waals surface area contributed by atoms with E-state index in [2.05, 4.69) is 11.4 Å². The SMILES string of the molecule is Clc1ccccc1-c1ccc(CNCCC2=CCCCC2)o1. The summed E-state index contributed by atoms with van der Waals surface area (Å²) >= 11 is 6.20. The van der Waals surface area contributed by atoms with E-state index in [4.69, 9.17) is 16.0 Å². The van der Waals surface area contributed by atoms with Crippen LogP contribution in [0.1, 0.15) is 37.9 Å². The third-order valence-electron chi connectivity index (χ3n) is 4.11. The summed E-state index contributed by atoms with van der Waals surface area (Å²) in [5, 5.41) is 4.18. The molecule has 0 bridgehead atoms. The maximum Gasteiger partial charge on any atom is 0.135 e. The fraction of sp³-hybridized carbons (Fsp3) is 0.368. The number of rotatable bonds is 6. The average Bonchev–Trinajstić information content (AvgIpc) is 3.02. The smallest absolute Gasteiger partial charge is 0.135 e. The van der Waals surface area contributed by atoms with Crippen LogP contribution in [0.2, 0.25) is 5.02 Å². The van der Waals surface area contributed by atoms with Crippen LogP contribution in [0.3, 0.4) is 0 Å². The van der Waals surface area contributed by atoms with E-state index >= 15 is 0 Å². The molecule has 2 nitrogen and oxygen atoms in total. The quantitative estimate of drug-likeness (QED) is 0.556. The van der Waals surface area contributed by atoms with Gasteiger partial charge in [0.25, 0.3) is 0 Å². The fourth-order valence-electron chi connectivity index (χ4n) is 2.87. The molecule has 1 heterocycles. The molecule has 0 saturated heterocycles. The number of hydrogen-bond acceptors (Lipinski definition) is 2. The van der Waals surface area contributed by atoms with E-state index in [1.165, 1.54) is 25.7 Å². The Labute approximate surface area is 137 Å². The Morgan fingerprint density at radius 1 is 1.09 bits per heavy atom. The van der Waals surface area contributed by atoms with Gasteiger partial charge in [0.1, 0.15) is 11.5 Å². The van der Waals surface area contributed by atoms with Crippen LogP contribution in [0.15, 0.2) is 52.5 Å². The van der Waals surface area contributed by atoms with Crippen molar-refractivity contribution < 1.29 is 4.42 Å². The molecule has 22 heavy (non-hydrogen) atoms. The Kier molecular flexibility index (Phi) is 5.36. The Morgan fingerprint density at radius 2 is 2.00 bits per heavy atom. The number of hydrogen-bond donors (Lipinski definition) is 1. The predicted octanol–water partition coefficient (Wildman–Crippen LogP) is 5.58. The van der Waals surface area contributed by atoms with Crippen molar-refractivity contribution in [2.24, 2.45) is 0 Å². The van der Waals surface area contributed by atoms with E-state index in [0.717, 1.165) is 41.6 Å². The molecular formula is C19H22ClNO. The Hall–Kier alpha value is -1.51. The molecule has 1 aromatic carbocycles. The van der Waals surface area contributed by atoms with Crippen LogP contribution in [0.4, 0.5) is 0 Å². The maximum absolute atomic E-state index is 6.20. The first-order valence-corrected chi connectivity index (χ1v) is 8.43. The van der Waals surface area contributed by atoms with Crippen molar-refractivity contribution in [1.82, 2.24) is 5.32 Å². The standard InChI is InChI=1S/C19H22ClNO/c20-18-9-5-4-8-17(18)19-11-10-16(22-19)14-21-13-12-15-6-2-1-3-7-15/h4-6,8-11,21H,1-3,7,12-14H2. The molecule has 0 amide bonds. The highest BCUT2D eigenvalue weighted by atomic mass is 35.5. The van der Waals surface area contributed by atoms with Crippen molar-refractivity contribution in [3.05, 3.63) is 58.8 Å². The molecule has 0 fully saturated rings. The first-order valence-electron chi connectivity index (χ1n) is 8.05. The first-order chi connectivity index (χ1) is 10.8. The molecule has 0 spiro atoms. The summed E-state index contributed by atoms with van der Waals surface area (Å²) in [7, 11) is 0. The molecule has 0 radical (unpaired) electrons.